The van der Waals surface area contributed by atoms with Gasteiger partial charge >= 0.3 is 0 Å². The molecule has 0 aliphatic carbocycles. The highest BCUT2D eigenvalue weighted by molar-refractivity contribution is 6.19. The van der Waals surface area contributed by atoms with E-state index in [-0.39, 0.29) is 11.6 Å². The third-order valence-corrected chi connectivity index (χ3v) is 6.13. The molecule has 3 aromatic carbocycles. The molecule has 4 rings (SSSR count). The number of nitrogens with zero attached hydrogens (tertiary/aromatic N) is 2. The standard InChI is InChI=1S/C27H26N2O3/c1-5-26(30)23-14-22-21-13-18(27(31)19-10-8-7-9-16(19)3)11-12-24(21)29(6-2)25(22)15-20(23)17(4)28-32/h7-15,32H,5-6H2,1-4H3. The van der Waals surface area contributed by atoms with Crippen LogP contribution in [0.15, 0.2) is 59.8 Å². The van der Waals surface area contributed by atoms with Crippen molar-refractivity contribution in [3.63, 3.8) is 0 Å². The molecular formula is C27H26N2O3. The van der Waals surface area contributed by atoms with Crippen LogP contribution < -0.4 is 0 Å². The second-order valence-corrected chi connectivity index (χ2v) is 8.00. The van der Waals surface area contributed by atoms with Crippen LogP contribution in [0.25, 0.3) is 21.8 Å². The summed E-state index contributed by atoms with van der Waals surface area (Å²) in [5, 5.41) is 14.5. The first kappa shape index (κ1) is 21.5. The van der Waals surface area contributed by atoms with Gasteiger partial charge in [-0.05, 0) is 56.7 Å². The van der Waals surface area contributed by atoms with Gasteiger partial charge in [-0.15, -0.1) is 0 Å². The number of fused-ring (bicyclic) bond motifs is 3. The van der Waals surface area contributed by atoms with Crippen molar-refractivity contribution in [2.24, 2.45) is 5.16 Å². The highest BCUT2D eigenvalue weighted by atomic mass is 16.4. The van der Waals surface area contributed by atoms with Crippen molar-refractivity contribution in [3.05, 3.63) is 82.4 Å². The van der Waals surface area contributed by atoms with E-state index in [9.17, 15) is 14.8 Å². The van der Waals surface area contributed by atoms with Crippen LogP contribution >= 0.6 is 0 Å². The van der Waals surface area contributed by atoms with Crippen LogP contribution in [0, 0.1) is 6.92 Å². The number of rotatable bonds is 6. The molecule has 5 nitrogen and oxygen atoms in total. The van der Waals surface area contributed by atoms with E-state index in [4.69, 9.17) is 0 Å². The van der Waals surface area contributed by atoms with Gasteiger partial charge in [0.1, 0.15) is 0 Å². The van der Waals surface area contributed by atoms with Crippen LogP contribution in [0.4, 0.5) is 0 Å². The Morgan fingerprint density at radius 1 is 0.906 bits per heavy atom. The maximum Gasteiger partial charge on any atom is 0.193 e. The van der Waals surface area contributed by atoms with Crippen molar-refractivity contribution in [3.8, 4) is 0 Å². The van der Waals surface area contributed by atoms with Gasteiger partial charge in [-0.3, -0.25) is 9.59 Å². The second-order valence-electron chi connectivity index (χ2n) is 8.00. The van der Waals surface area contributed by atoms with Crippen LogP contribution in [0.2, 0.25) is 0 Å². The molecule has 0 spiro atoms. The van der Waals surface area contributed by atoms with E-state index in [0.29, 0.717) is 34.4 Å². The molecular weight excluding hydrogens is 400 g/mol. The first-order valence-corrected chi connectivity index (χ1v) is 10.8. The van der Waals surface area contributed by atoms with Gasteiger partial charge in [0.2, 0.25) is 0 Å². The average molecular weight is 427 g/mol. The van der Waals surface area contributed by atoms with Gasteiger partial charge in [0.15, 0.2) is 11.6 Å². The van der Waals surface area contributed by atoms with Crippen LogP contribution in [0.5, 0.6) is 0 Å². The minimum Gasteiger partial charge on any atom is -0.411 e. The zero-order valence-corrected chi connectivity index (χ0v) is 18.8. The fraction of sp³-hybridized carbons (Fsp3) is 0.222. The normalized spacial score (nSPS) is 11.9. The van der Waals surface area contributed by atoms with Gasteiger partial charge in [-0.2, -0.15) is 0 Å². The van der Waals surface area contributed by atoms with E-state index in [0.717, 1.165) is 33.9 Å². The van der Waals surface area contributed by atoms with Crippen LogP contribution in [-0.4, -0.2) is 27.1 Å². The Morgan fingerprint density at radius 3 is 2.28 bits per heavy atom. The lowest BCUT2D eigenvalue weighted by Crippen LogP contribution is -2.07. The lowest BCUT2D eigenvalue weighted by atomic mass is 9.95. The van der Waals surface area contributed by atoms with E-state index < -0.39 is 0 Å². The zero-order chi connectivity index (χ0) is 23.0. The van der Waals surface area contributed by atoms with Crippen molar-refractivity contribution in [2.45, 2.75) is 40.7 Å². The zero-order valence-electron chi connectivity index (χ0n) is 18.8. The van der Waals surface area contributed by atoms with Gasteiger partial charge in [-0.1, -0.05) is 36.3 Å². The highest BCUT2D eigenvalue weighted by Crippen LogP contribution is 2.33. The Labute approximate surface area is 187 Å². The molecule has 162 valence electrons. The molecule has 0 aliphatic rings. The summed E-state index contributed by atoms with van der Waals surface area (Å²) in [4.78, 5) is 25.9. The third kappa shape index (κ3) is 3.40. The number of aromatic nitrogens is 1. The number of Topliss-reactive ketones (excluding diaryl/α,β-unsaturated/α-hetero) is 1. The molecule has 0 fully saturated rings. The Balaban J connectivity index is 2.02. The topological polar surface area (TPSA) is 71.7 Å². The van der Waals surface area contributed by atoms with E-state index >= 15 is 0 Å². The Kier molecular flexibility index (Phi) is 5.66. The van der Waals surface area contributed by atoms with E-state index in [2.05, 4.69) is 16.6 Å². The lowest BCUT2D eigenvalue weighted by molar-refractivity contribution is 0.0987. The maximum absolute atomic E-state index is 13.2. The molecule has 0 atom stereocenters. The highest BCUT2D eigenvalue weighted by Gasteiger charge is 2.20. The van der Waals surface area contributed by atoms with Gasteiger partial charge in [0, 0.05) is 57.0 Å². The number of aryl methyl sites for hydroxylation is 2. The van der Waals surface area contributed by atoms with Gasteiger partial charge in [0.05, 0.1) is 5.71 Å². The number of carbonyl (C=O) groups is 2. The molecule has 0 unspecified atom stereocenters. The van der Waals surface area contributed by atoms with Crippen molar-refractivity contribution in [1.29, 1.82) is 0 Å². The molecule has 0 aliphatic heterocycles. The van der Waals surface area contributed by atoms with Crippen LogP contribution in [-0.2, 0) is 6.54 Å². The predicted molar refractivity (Wildman–Crippen MR) is 128 cm³/mol. The molecule has 5 heteroatoms. The summed E-state index contributed by atoms with van der Waals surface area (Å²) in [6.07, 6.45) is 0.348. The summed E-state index contributed by atoms with van der Waals surface area (Å²) in [6.45, 7) is 8.22. The molecule has 32 heavy (non-hydrogen) atoms. The summed E-state index contributed by atoms with van der Waals surface area (Å²) in [5.74, 6) is -0.0402. The molecule has 1 aromatic heterocycles. The Bertz CT molecular complexity index is 1410. The summed E-state index contributed by atoms with van der Waals surface area (Å²) in [7, 11) is 0. The van der Waals surface area contributed by atoms with Crippen molar-refractivity contribution < 1.29 is 14.8 Å². The van der Waals surface area contributed by atoms with Crippen molar-refractivity contribution in [2.75, 3.05) is 0 Å². The van der Waals surface area contributed by atoms with Gasteiger partial charge in [-0.25, -0.2) is 0 Å². The van der Waals surface area contributed by atoms with Crippen molar-refractivity contribution >= 4 is 39.1 Å². The van der Waals surface area contributed by atoms with Gasteiger partial charge in [0.25, 0.3) is 0 Å². The smallest absolute Gasteiger partial charge is 0.193 e. The number of carbonyl (C=O) groups excluding carboxylic acids is 2. The molecule has 0 saturated heterocycles. The van der Waals surface area contributed by atoms with Crippen molar-refractivity contribution in [1.82, 2.24) is 4.57 Å². The molecule has 0 bridgehead atoms. The van der Waals surface area contributed by atoms with E-state index in [1.54, 1.807) is 6.92 Å². The molecule has 1 heterocycles. The fourth-order valence-corrected chi connectivity index (χ4v) is 4.38. The predicted octanol–water partition coefficient (Wildman–Crippen LogP) is 6.14. The number of hydrogen-bond acceptors (Lipinski definition) is 4. The first-order chi connectivity index (χ1) is 15.4. The van der Waals surface area contributed by atoms with Crippen LogP contribution in [0.3, 0.4) is 0 Å². The largest absolute Gasteiger partial charge is 0.411 e. The molecule has 4 aromatic rings. The molecule has 0 radical (unpaired) electrons. The third-order valence-electron chi connectivity index (χ3n) is 6.13. The maximum atomic E-state index is 13.2. The van der Waals surface area contributed by atoms with E-state index in [1.807, 2.05) is 68.4 Å². The molecule has 0 amide bonds. The fourth-order valence-electron chi connectivity index (χ4n) is 4.38. The molecule has 1 N–H and O–H groups in total. The second kappa shape index (κ2) is 8.42. The summed E-state index contributed by atoms with van der Waals surface area (Å²) in [5.41, 5.74) is 5.72. The first-order valence-electron chi connectivity index (χ1n) is 10.8. The summed E-state index contributed by atoms with van der Waals surface area (Å²) >= 11 is 0. The Hall–Kier alpha value is -3.73. The van der Waals surface area contributed by atoms with Crippen LogP contribution in [0.1, 0.15) is 64.6 Å². The minimum absolute atomic E-state index is 0.0190. The number of ketones is 2. The average Bonchev–Trinajstić information content (AvgIpc) is 3.13. The lowest BCUT2D eigenvalue weighted by Gasteiger charge is -2.09. The quantitative estimate of drug-likeness (QED) is 0.174. The number of benzene rings is 3. The summed E-state index contributed by atoms with van der Waals surface area (Å²) < 4.78 is 2.15. The SMILES string of the molecule is CCC(=O)c1cc2c3cc(C(=O)c4ccccc4C)ccc3n(CC)c2cc1C(C)=NO. The van der Waals surface area contributed by atoms with E-state index in [1.165, 1.54) is 0 Å². The summed E-state index contributed by atoms with van der Waals surface area (Å²) in [6, 6.07) is 17.1. The monoisotopic (exact) mass is 426 g/mol. The van der Waals surface area contributed by atoms with Gasteiger partial charge < -0.3 is 9.77 Å². The number of hydrogen-bond donors (Lipinski definition) is 1. The molecule has 0 saturated carbocycles. The Morgan fingerprint density at radius 2 is 1.62 bits per heavy atom. The number of oxime groups is 1. The minimum atomic E-state index is -0.0212.